The van der Waals surface area contributed by atoms with E-state index in [9.17, 15) is 0 Å². The largest absolute Gasteiger partial charge is 0.493 e. The summed E-state index contributed by atoms with van der Waals surface area (Å²) in [6.45, 7) is 8.85. The highest BCUT2D eigenvalue weighted by Gasteiger charge is 2.19. The molecule has 2 heterocycles. The molecule has 1 aromatic rings. The summed E-state index contributed by atoms with van der Waals surface area (Å²) in [5.74, 6) is 1.09. The van der Waals surface area contributed by atoms with Crippen LogP contribution in [0.2, 0.25) is 0 Å². The zero-order valence-corrected chi connectivity index (χ0v) is 13.4. The van der Waals surface area contributed by atoms with Crippen molar-refractivity contribution in [2.24, 2.45) is 0 Å². The molecular weight excluding hydrogens is 260 g/mol. The van der Waals surface area contributed by atoms with E-state index in [0.29, 0.717) is 12.1 Å². The molecule has 1 fully saturated rings. The molecule has 3 heteroatoms. The number of hydrogen-bond acceptors (Lipinski definition) is 3. The van der Waals surface area contributed by atoms with Gasteiger partial charge in [-0.1, -0.05) is 18.6 Å². The quantitative estimate of drug-likeness (QED) is 0.901. The Balaban J connectivity index is 1.64. The summed E-state index contributed by atoms with van der Waals surface area (Å²) in [7, 11) is 0. The Labute approximate surface area is 128 Å². The molecule has 0 radical (unpaired) electrons. The van der Waals surface area contributed by atoms with Gasteiger partial charge in [0.25, 0.3) is 0 Å². The van der Waals surface area contributed by atoms with Crippen LogP contribution in [0.25, 0.3) is 0 Å². The molecule has 0 aliphatic carbocycles. The number of hydrogen-bond donors (Lipinski definition) is 1. The molecule has 1 atom stereocenters. The molecule has 1 aromatic carbocycles. The average molecular weight is 288 g/mol. The van der Waals surface area contributed by atoms with Crippen molar-refractivity contribution in [2.75, 3.05) is 19.7 Å². The SMILES string of the molecule is CC(C)N(Cc1ccc2c(c1)CCO2)CC1CCCCN1. The highest BCUT2D eigenvalue weighted by atomic mass is 16.5. The lowest BCUT2D eigenvalue weighted by Gasteiger charge is -2.33. The van der Waals surface area contributed by atoms with Crippen molar-refractivity contribution in [2.45, 2.75) is 58.2 Å². The van der Waals surface area contributed by atoms with Gasteiger partial charge in [0, 0.05) is 31.6 Å². The predicted octanol–water partition coefficient (Wildman–Crippen LogP) is 2.97. The summed E-state index contributed by atoms with van der Waals surface area (Å²) in [4.78, 5) is 2.60. The number of benzene rings is 1. The molecule has 0 amide bonds. The van der Waals surface area contributed by atoms with Crippen molar-refractivity contribution >= 4 is 0 Å². The van der Waals surface area contributed by atoms with Crippen LogP contribution < -0.4 is 10.1 Å². The molecule has 0 saturated carbocycles. The van der Waals surface area contributed by atoms with Crippen LogP contribution in [0.3, 0.4) is 0 Å². The van der Waals surface area contributed by atoms with Crippen LogP contribution in [0.15, 0.2) is 18.2 Å². The Morgan fingerprint density at radius 3 is 3.00 bits per heavy atom. The Hall–Kier alpha value is -1.06. The number of ether oxygens (including phenoxy) is 1. The number of rotatable bonds is 5. The van der Waals surface area contributed by atoms with Crippen LogP contribution in [0.5, 0.6) is 5.75 Å². The van der Waals surface area contributed by atoms with Crippen molar-refractivity contribution in [1.29, 1.82) is 0 Å². The highest BCUT2D eigenvalue weighted by molar-refractivity contribution is 5.39. The first-order valence-electron chi connectivity index (χ1n) is 8.44. The molecule has 2 aliphatic rings. The number of nitrogens with zero attached hydrogens (tertiary/aromatic N) is 1. The highest BCUT2D eigenvalue weighted by Crippen LogP contribution is 2.26. The van der Waals surface area contributed by atoms with E-state index in [1.807, 2.05) is 0 Å². The van der Waals surface area contributed by atoms with Gasteiger partial charge in [0.05, 0.1) is 6.61 Å². The Morgan fingerprint density at radius 2 is 2.24 bits per heavy atom. The zero-order valence-electron chi connectivity index (χ0n) is 13.4. The number of piperidine rings is 1. The molecular formula is C18H28N2O. The fourth-order valence-electron chi connectivity index (χ4n) is 3.39. The van der Waals surface area contributed by atoms with Gasteiger partial charge in [-0.2, -0.15) is 0 Å². The second-order valence-corrected chi connectivity index (χ2v) is 6.71. The van der Waals surface area contributed by atoms with Gasteiger partial charge >= 0.3 is 0 Å². The lowest BCUT2D eigenvalue weighted by atomic mass is 10.0. The van der Waals surface area contributed by atoms with Gasteiger partial charge in [0.2, 0.25) is 0 Å². The molecule has 3 rings (SSSR count). The minimum atomic E-state index is 0.582. The Morgan fingerprint density at radius 1 is 1.33 bits per heavy atom. The molecule has 0 bridgehead atoms. The lowest BCUT2D eigenvalue weighted by Crippen LogP contribution is -2.45. The van der Waals surface area contributed by atoms with E-state index < -0.39 is 0 Å². The van der Waals surface area contributed by atoms with Crippen LogP contribution >= 0.6 is 0 Å². The van der Waals surface area contributed by atoms with Crippen LogP contribution in [-0.4, -0.2) is 36.7 Å². The van der Waals surface area contributed by atoms with Gasteiger partial charge in [0.15, 0.2) is 0 Å². The van der Waals surface area contributed by atoms with Crippen molar-refractivity contribution in [3.05, 3.63) is 29.3 Å². The molecule has 3 nitrogen and oxygen atoms in total. The third-order valence-corrected chi connectivity index (χ3v) is 4.74. The third-order valence-electron chi connectivity index (χ3n) is 4.74. The first-order valence-corrected chi connectivity index (χ1v) is 8.44. The maximum atomic E-state index is 5.60. The van der Waals surface area contributed by atoms with Gasteiger partial charge < -0.3 is 10.1 Å². The van der Waals surface area contributed by atoms with Crippen LogP contribution in [0.1, 0.15) is 44.2 Å². The maximum absolute atomic E-state index is 5.60. The van der Waals surface area contributed by atoms with Crippen LogP contribution in [0, 0.1) is 0 Å². The minimum absolute atomic E-state index is 0.582. The van der Waals surface area contributed by atoms with E-state index in [2.05, 4.69) is 42.3 Å². The van der Waals surface area contributed by atoms with E-state index in [1.54, 1.807) is 0 Å². The zero-order chi connectivity index (χ0) is 14.7. The topological polar surface area (TPSA) is 24.5 Å². The predicted molar refractivity (Wildman–Crippen MR) is 86.8 cm³/mol. The minimum Gasteiger partial charge on any atom is -0.493 e. The van der Waals surface area contributed by atoms with E-state index in [0.717, 1.165) is 31.9 Å². The first kappa shape index (κ1) is 14.9. The summed E-state index contributed by atoms with van der Waals surface area (Å²) in [6.07, 6.45) is 5.10. The van der Waals surface area contributed by atoms with Crippen molar-refractivity contribution in [3.63, 3.8) is 0 Å². The van der Waals surface area contributed by atoms with E-state index in [-0.39, 0.29) is 0 Å². The van der Waals surface area contributed by atoms with E-state index in [4.69, 9.17) is 4.74 Å². The van der Waals surface area contributed by atoms with Crippen molar-refractivity contribution < 1.29 is 4.74 Å². The lowest BCUT2D eigenvalue weighted by molar-refractivity contribution is 0.177. The normalized spacial score (nSPS) is 21.6. The second kappa shape index (κ2) is 6.80. The van der Waals surface area contributed by atoms with Gasteiger partial charge in [0.1, 0.15) is 5.75 Å². The fraction of sp³-hybridized carbons (Fsp3) is 0.667. The molecule has 0 aromatic heterocycles. The number of nitrogens with one attached hydrogen (secondary N) is 1. The number of fused-ring (bicyclic) bond motifs is 1. The summed E-state index contributed by atoms with van der Waals surface area (Å²) in [5.41, 5.74) is 2.80. The summed E-state index contributed by atoms with van der Waals surface area (Å²) in [5, 5.41) is 3.67. The van der Waals surface area contributed by atoms with Crippen molar-refractivity contribution in [1.82, 2.24) is 10.2 Å². The van der Waals surface area contributed by atoms with Gasteiger partial charge in [-0.05, 0) is 50.4 Å². The molecule has 21 heavy (non-hydrogen) atoms. The van der Waals surface area contributed by atoms with E-state index >= 15 is 0 Å². The van der Waals surface area contributed by atoms with Crippen LogP contribution in [-0.2, 0) is 13.0 Å². The Bertz CT molecular complexity index is 466. The van der Waals surface area contributed by atoms with Crippen molar-refractivity contribution in [3.8, 4) is 5.75 Å². The summed E-state index contributed by atoms with van der Waals surface area (Å²) < 4.78 is 5.60. The van der Waals surface area contributed by atoms with Gasteiger partial charge in [-0.3, -0.25) is 4.90 Å². The van der Waals surface area contributed by atoms with Gasteiger partial charge in [-0.15, -0.1) is 0 Å². The molecule has 1 N–H and O–H groups in total. The molecule has 1 saturated heterocycles. The van der Waals surface area contributed by atoms with Crippen LogP contribution in [0.4, 0.5) is 0 Å². The van der Waals surface area contributed by atoms with Gasteiger partial charge in [-0.25, -0.2) is 0 Å². The summed E-state index contributed by atoms with van der Waals surface area (Å²) >= 11 is 0. The monoisotopic (exact) mass is 288 g/mol. The molecule has 2 aliphatic heterocycles. The Kier molecular flexibility index (Phi) is 4.81. The first-order chi connectivity index (χ1) is 10.2. The second-order valence-electron chi connectivity index (χ2n) is 6.71. The smallest absolute Gasteiger partial charge is 0.122 e. The molecule has 1 unspecified atom stereocenters. The maximum Gasteiger partial charge on any atom is 0.122 e. The third kappa shape index (κ3) is 3.78. The average Bonchev–Trinajstić information content (AvgIpc) is 2.95. The fourth-order valence-corrected chi connectivity index (χ4v) is 3.39. The summed E-state index contributed by atoms with van der Waals surface area (Å²) in [6, 6.07) is 7.96. The van der Waals surface area contributed by atoms with E-state index in [1.165, 1.54) is 36.9 Å². The molecule has 116 valence electrons. The standard InChI is InChI=1S/C18H28N2O/c1-14(2)20(13-17-5-3-4-9-19-17)12-15-6-7-18-16(11-15)8-10-21-18/h6-7,11,14,17,19H,3-5,8-10,12-13H2,1-2H3. The molecule has 0 spiro atoms.